The minimum absolute atomic E-state index is 0.0126. The third kappa shape index (κ3) is 5.86. The number of halogens is 1. The molecule has 0 aromatic heterocycles. The second-order valence-electron chi connectivity index (χ2n) is 6.06. The van der Waals surface area contributed by atoms with Crippen LogP contribution < -0.4 is 5.32 Å². The maximum atomic E-state index is 12.2. The zero-order chi connectivity index (χ0) is 18.4. The van der Waals surface area contributed by atoms with Crippen LogP contribution in [-0.4, -0.2) is 62.4 Å². The molecule has 0 aliphatic carbocycles. The van der Waals surface area contributed by atoms with Crippen LogP contribution in [-0.2, 0) is 15.0 Å². The lowest BCUT2D eigenvalue weighted by Gasteiger charge is -2.32. The van der Waals surface area contributed by atoms with E-state index in [4.69, 9.17) is 11.6 Å². The largest absolute Gasteiger partial charge is 0.355 e. The molecule has 1 fully saturated rings. The van der Waals surface area contributed by atoms with Crippen molar-refractivity contribution >= 4 is 39.5 Å². The summed E-state index contributed by atoms with van der Waals surface area (Å²) in [5.41, 5.74) is 0. The normalized spacial score (nSPS) is 17.0. The Morgan fingerprint density at radius 2 is 1.88 bits per heavy atom. The number of nitrogens with zero attached hydrogens (tertiary/aromatic N) is 2. The topological polar surface area (TPSA) is 69.7 Å². The van der Waals surface area contributed by atoms with Gasteiger partial charge in [-0.15, -0.1) is 11.8 Å². The number of hydrogen-bond acceptors (Lipinski definition) is 4. The zero-order valence-electron chi connectivity index (χ0n) is 14.4. The Kier molecular flexibility index (Phi) is 7.57. The second-order valence-corrected chi connectivity index (χ2v) is 9.80. The van der Waals surface area contributed by atoms with E-state index >= 15 is 0 Å². The highest BCUT2D eigenvalue weighted by molar-refractivity contribution is 7.99. The number of rotatable bonds is 7. The van der Waals surface area contributed by atoms with Gasteiger partial charge >= 0.3 is 0 Å². The average Bonchev–Trinajstić information content (AvgIpc) is 2.60. The van der Waals surface area contributed by atoms with Crippen molar-refractivity contribution in [3.63, 3.8) is 0 Å². The van der Waals surface area contributed by atoms with Gasteiger partial charge in [0, 0.05) is 55.3 Å². The molecule has 140 valence electrons. The summed E-state index contributed by atoms with van der Waals surface area (Å²) in [5.74, 6) is 0.675. The van der Waals surface area contributed by atoms with Crippen molar-refractivity contribution in [3.8, 4) is 0 Å². The van der Waals surface area contributed by atoms with Crippen LogP contribution >= 0.6 is 23.4 Å². The van der Waals surface area contributed by atoms with Crippen LogP contribution in [0.3, 0.4) is 0 Å². The van der Waals surface area contributed by atoms with Crippen molar-refractivity contribution in [2.24, 2.45) is 5.92 Å². The first-order chi connectivity index (χ1) is 11.8. The van der Waals surface area contributed by atoms with E-state index in [1.54, 1.807) is 11.8 Å². The Morgan fingerprint density at radius 3 is 2.44 bits per heavy atom. The molecule has 9 heteroatoms. The molecule has 1 aliphatic heterocycles. The Bertz CT molecular complexity index is 672. The van der Waals surface area contributed by atoms with Gasteiger partial charge in [0.2, 0.25) is 5.91 Å². The van der Waals surface area contributed by atoms with Crippen LogP contribution in [0.2, 0.25) is 5.02 Å². The van der Waals surface area contributed by atoms with Gasteiger partial charge in [0.1, 0.15) is 0 Å². The van der Waals surface area contributed by atoms with E-state index in [0.717, 1.165) is 10.6 Å². The molecule has 0 atom stereocenters. The maximum Gasteiger partial charge on any atom is 0.281 e. The monoisotopic (exact) mass is 405 g/mol. The molecule has 1 aromatic carbocycles. The summed E-state index contributed by atoms with van der Waals surface area (Å²) in [6.07, 6.45) is 1.12. The predicted molar refractivity (Wildman–Crippen MR) is 102 cm³/mol. The van der Waals surface area contributed by atoms with E-state index in [0.29, 0.717) is 37.5 Å². The Balaban J connectivity index is 1.69. The molecule has 0 saturated carbocycles. The lowest BCUT2D eigenvalue weighted by Crippen LogP contribution is -2.47. The lowest BCUT2D eigenvalue weighted by molar-refractivity contribution is -0.125. The maximum absolute atomic E-state index is 12.2. The van der Waals surface area contributed by atoms with E-state index in [-0.39, 0.29) is 11.8 Å². The standard InChI is InChI=1S/C16H24ClN3O3S2/c1-19(2)25(22,23)20-10-7-13(8-11-20)16(21)18-9-12-24-15-5-3-14(17)4-6-15/h3-6,13H,7-12H2,1-2H3,(H,18,21). The first-order valence-electron chi connectivity index (χ1n) is 8.14. The van der Waals surface area contributed by atoms with Gasteiger partial charge in [-0.3, -0.25) is 4.79 Å². The van der Waals surface area contributed by atoms with Crippen molar-refractivity contribution in [1.29, 1.82) is 0 Å². The van der Waals surface area contributed by atoms with Gasteiger partial charge in [-0.2, -0.15) is 17.0 Å². The molecule has 6 nitrogen and oxygen atoms in total. The first kappa shape index (κ1) is 20.5. The molecule has 1 N–H and O–H groups in total. The Hall–Kier alpha value is -0.800. The molecular weight excluding hydrogens is 382 g/mol. The fourth-order valence-electron chi connectivity index (χ4n) is 2.60. The van der Waals surface area contributed by atoms with Crippen LogP contribution in [0, 0.1) is 5.92 Å². The van der Waals surface area contributed by atoms with E-state index in [1.807, 2.05) is 24.3 Å². The van der Waals surface area contributed by atoms with Crippen molar-refractivity contribution in [2.75, 3.05) is 39.5 Å². The number of carbonyl (C=O) groups is 1. The number of piperidine rings is 1. The smallest absolute Gasteiger partial charge is 0.281 e. The number of benzene rings is 1. The molecular formula is C16H24ClN3O3S2. The minimum Gasteiger partial charge on any atom is -0.355 e. The van der Waals surface area contributed by atoms with Gasteiger partial charge in [0.25, 0.3) is 10.2 Å². The quantitative estimate of drug-likeness (QED) is 0.557. The van der Waals surface area contributed by atoms with Crippen molar-refractivity contribution in [1.82, 2.24) is 13.9 Å². The van der Waals surface area contributed by atoms with Crippen LogP contribution in [0.5, 0.6) is 0 Å². The predicted octanol–water partition coefficient (Wildman–Crippen LogP) is 2.07. The Labute approximate surface area is 159 Å². The van der Waals surface area contributed by atoms with Gasteiger partial charge in [0.05, 0.1) is 0 Å². The first-order valence-corrected chi connectivity index (χ1v) is 10.9. The number of carbonyl (C=O) groups excluding carboxylic acids is 1. The molecule has 1 heterocycles. The van der Waals surface area contributed by atoms with E-state index in [2.05, 4.69) is 5.32 Å². The number of amides is 1. The van der Waals surface area contributed by atoms with Gasteiger partial charge in [-0.25, -0.2) is 0 Å². The summed E-state index contributed by atoms with van der Waals surface area (Å²) in [6, 6.07) is 7.60. The molecule has 0 spiro atoms. The SMILES string of the molecule is CN(C)S(=O)(=O)N1CCC(C(=O)NCCSc2ccc(Cl)cc2)CC1. The van der Waals surface area contributed by atoms with Crippen LogP contribution in [0.1, 0.15) is 12.8 Å². The van der Waals surface area contributed by atoms with Crippen LogP contribution in [0.4, 0.5) is 0 Å². The summed E-state index contributed by atoms with van der Waals surface area (Å²) in [6.45, 7) is 1.36. The van der Waals surface area contributed by atoms with Crippen molar-refractivity contribution in [2.45, 2.75) is 17.7 Å². The highest BCUT2D eigenvalue weighted by Crippen LogP contribution is 2.22. The highest BCUT2D eigenvalue weighted by Gasteiger charge is 2.31. The molecule has 2 rings (SSSR count). The van der Waals surface area contributed by atoms with Gasteiger partial charge in [-0.1, -0.05) is 11.6 Å². The number of hydrogen-bond donors (Lipinski definition) is 1. The van der Waals surface area contributed by atoms with E-state index in [9.17, 15) is 13.2 Å². The molecule has 1 aliphatic rings. The fraction of sp³-hybridized carbons (Fsp3) is 0.562. The van der Waals surface area contributed by atoms with Gasteiger partial charge in [-0.05, 0) is 37.1 Å². The molecule has 0 unspecified atom stereocenters. The molecule has 0 radical (unpaired) electrons. The van der Waals surface area contributed by atoms with Gasteiger partial charge < -0.3 is 5.32 Å². The number of thioether (sulfide) groups is 1. The summed E-state index contributed by atoms with van der Waals surface area (Å²) in [5, 5.41) is 3.65. The van der Waals surface area contributed by atoms with Crippen LogP contribution in [0.25, 0.3) is 0 Å². The zero-order valence-corrected chi connectivity index (χ0v) is 16.8. The molecule has 0 bridgehead atoms. The lowest BCUT2D eigenvalue weighted by atomic mass is 9.97. The van der Waals surface area contributed by atoms with E-state index < -0.39 is 10.2 Å². The third-order valence-corrected chi connectivity index (χ3v) is 7.30. The molecule has 1 aromatic rings. The average molecular weight is 406 g/mol. The third-order valence-electron chi connectivity index (χ3n) is 4.10. The van der Waals surface area contributed by atoms with E-state index in [1.165, 1.54) is 22.7 Å². The summed E-state index contributed by atoms with van der Waals surface area (Å²) in [4.78, 5) is 13.3. The minimum atomic E-state index is -3.38. The highest BCUT2D eigenvalue weighted by atomic mass is 35.5. The molecule has 1 amide bonds. The number of nitrogens with one attached hydrogen (secondary N) is 1. The van der Waals surface area contributed by atoms with Crippen LogP contribution in [0.15, 0.2) is 29.2 Å². The second kappa shape index (κ2) is 9.23. The molecule has 1 saturated heterocycles. The Morgan fingerprint density at radius 1 is 1.28 bits per heavy atom. The van der Waals surface area contributed by atoms with Crippen molar-refractivity contribution < 1.29 is 13.2 Å². The molecule has 25 heavy (non-hydrogen) atoms. The fourth-order valence-corrected chi connectivity index (χ4v) is 4.63. The summed E-state index contributed by atoms with van der Waals surface area (Å²) < 4.78 is 26.8. The van der Waals surface area contributed by atoms with Crippen molar-refractivity contribution in [3.05, 3.63) is 29.3 Å². The summed E-state index contributed by atoms with van der Waals surface area (Å²) >= 11 is 7.50. The van der Waals surface area contributed by atoms with Gasteiger partial charge in [0.15, 0.2) is 0 Å². The summed E-state index contributed by atoms with van der Waals surface area (Å²) in [7, 11) is -0.341.